The van der Waals surface area contributed by atoms with E-state index in [1.165, 1.54) is 0 Å². The molecule has 0 aliphatic carbocycles. The lowest BCUT2D eigenvalue weighted by Gasteiger charge is -2.12. The number of aromatic nitrogens is 2. The average Bonchev–Trinajstić information content (AvgIpc) is 2.59. The van der Waals surface area contributed by atoms with Gasteiger partial charge in [-0.05, 0) is 13.5 Å². The first-order valence-corrected chi connectivity index (χ1v) is 6.33. The standard InChI is InChI=1S/C8H15N3OS2/c1-3-9-7(4-12)5-13-8-11-10-6(2)14-8/h7,9,12H,3-5H2,1-2H3. The highest BCUT2D eigenvalue weighted by Gasteiger charge is 2.08. The van der Waals surface area contributed by atoms with Crippen LogP contribution in [-0.4, -0.2) is 40.3 Å². The van der Waals surface area contributed by atoms with Crippen molar-refractivity contribution in [3.8, 4) is 0 Å². The number of likely N-dealkylation sites (N-methyl/N-ethyl adjacent to an activating group) is 1. The average molecular weight is 233 g/mol. The molecule has 0 spiro atoms. The van der Waals surface area contributed by atoms with Gasteiger partial charge in [0.15, 0.2) is 4.34 Å². The van der Waals surface area contributed by atoms with Crippen LogP contribution in [0.1, 0.15) is 11.9 Å². The van der Waals surface area contributed by atoms with Crippen molar-refractivity contribution in [1.29, 1.82) is 0 Å². The van der Waals surface area contributed by atoms with Crippen LogP contribution in [0.3, 0.4) is 0 Å². The Morgan fingerprint density at radius 1 is 1.57 bits per heavy atom. The summed E-state index contributed by atoms with van der Waals surface area (Å²) in [5.41, 5.74) is 0. The maximum absolute atomic E-state index is 9.03. The van der Waals surface area contributed by atoms with Crippen molar-refractivity contribution < 1.29 is 5.11 Å². The van der Waals surface area contributed by atoms with Crippen LogP contribution in [-0.2, 0) is 0 Å². The van der Waals surface area contributed by atoms with Crippen LogP contribution >= 0.6 is 23.1 Å². The fourth-order valence-electron chi connectivity index (χ4n) is 0.973. The topological polar surface area (TPSA) is 58.0 Å². The molecule has 1 aromatic heterocycles. The summed E-state index contributed by atoms with van der Waals surface area (Å²) in [6.07, 6.45) is 0. The molecule has 1 heterocycles. The first-order valence-electron chi connectivity index (χ1n) is 4.53. The predicted octanol–water partition coefficient (Wildman–Crippen LogP) is 0.909. The molecule has 14 heavy (non-hydrogen) atoms. The van der Waals surface area contributed by atoms with Crippen LogP contribution in [0, 0.1) is 6.92 Å². The molecule has 0 radical (unpaired) electrons. The quantitative estimate of drug-likeness (QED) is 0.715. The zero-order chi connectivity index (χ0) is 10.4. The Morgan fingerprint density at radius 2 is 2.36 bits per heavy atom. The van der Waals surface area contributed by atoms with Crippen LogP contribution in [0.4, 0.5) is 0 Å². The Bertz CT molecular complexity index is 267. The maximum Gasteiger partial charge on any atom is 0.174 e. The molecule has 0 aromatic carbocycles. The third-order valence-electron chi connectivity index (χ3n) is 1.63. The highest BCUT2D eigenvalue weighted by molar-refractivity contribution is 8.01. The smallest absolute Gasteiger partial charge is 0.174 e. The van der Waals surface area contributed by atoms with E-state index >= 15 is 0 Å². The minimum absolute atomic E-state index is 0.147. The summed E-state index contributed by atoms with van der Waals surface area (Å²) < 4.78 is 0.971. The van der Waals surface area contributed by atoms with E-state index in [1.807, 2.05) is 13.8 Å². The van der Waals surface area contributed by atoms with E-state index in [-0.39, 0.29) is 12.6 Å². The second-order valence-electron chi connectivity index (χ2n) is 2.84. The molecule has 0 saturated heterocycles. The Morgan fingerprint density at radius 3 is 2.86 bits per heavy atom. The van der Waals surface area contributed by atoms with E-state index in [0.717, 1.165) is 21.6 Å². The number of nitrogens with zero attached hydrogens (tertiary/aromatic N) is 2. The molecule has 6 heteroatoms. The second kappa shape index (κ2) is 6.34. The molecular weight excluding hydrogens is 218 g/mol. The van der Waals surface area contributed by atoms with Crippen molar-refractivity contribution >= 4 is 23.1 Å². The number of hydrogen-bond acceptors (Lipinski definition) is 6. The van der Waals surface area contributed by atoms with Crippen molar-refractivity contribution in [2.24, 2.45) is 0 Å². The molecule has 4 nitrogen and oxygen atoms in total. The van der Waals surface area contributed by atoms with Crippen LogP contribution in [0.5, 0.6) is 0 Å². The monoisotopic (exact) mass is 233 g/mol. The molecule has 1 aromatic rings. The van der Waals surface area contributed by atoms with Gasteiger partial charge >= 0.3 is 0 Å². The van der Waals surface area contributed by atoms with Gasteiger partial charge in [-0.25, -0.2) is 0 Å². The molecule has 0 aliphatic rings. The Hall–Kier alpha value is -0.170. The molecule has 2 N–H and O–H groups in total. The summed E-state index contributed by atoms with van der Waals surface area (Å²) in [5.74, 6) is 0.832. The number of thioether (sulfide) groups is 1. The second-order valence-corrected chi connectivity index (χ2v) is 5.28. The zero-order valence-corrected chi connectivity index (χ0v) is 9.99. The van der Waals surface area contributed by atoms with Gasteiger partial charge in [0.25, 0.3) is 0 Å². The maximum atomic E-state index is 9.03. The highest BCUT2D eigenvalue weighted by Crippen LogP contribution is 2.22. The molecular formula is C8H15N3OS2. The minimum atomic E-state index is 0.147. The molecule has 0 bridgehead atoms. The minimum Gasteiger partial charge on any atom is -0.395 e. The Balaban J connectivity index is 2.31. The van der Waals surface area contributed by atoms with Gasteiger partial charge in [0.05, 0.1) is 6.61 Å². The number of hydrogen-bond donors (Lipinski definition) is 2. The van der Waals surface area contributed by atoms with Gasteiger partial charge in [-0.1, -0.05) is 30.0 Å². The number of nitrogens with one attached hydrogen (secondary N) is 1. The summed E-state index contributed by atoms with van der Waals surface area (Å²) >= 11 is 3.23. The zero-order valence-electron chi connectivity index (χ0n) is 8.36. The fourth-order valence-corrected chi connectivity index (χ4v) is 2.86. The van der Waals surface area contributed by atoms with Gasteiger partial charge in [0.2, 0.25) is 0 Å². The number of aliphatic hydroxyl groups excluding tert-OH is 1. The van der Waals surface area contributed by atoms with Gasteiger partial charge in [-0.15, -0.1) is 10.2 Å². The number of rotatable bonds is 6. The predicted molar refractivity (Wildman–Crippen MR) is 59.9 cm³/mol. The van der Waals surface area contributed by atoms with E-state index in [9.17, 15) is 0 Å². The van der Waals surface area contributed by atoms with E-state index in [4.69, 9.17) is 5.11 Å². The molecule has 1 atom stereocenters. The highest BCUT2D eigenvalue weighted by atomic mass is 32.2. The molecule has 1 unspecified atom stereocenters. The molecule has 0 amide bonds. The van der Waals surface area contributed by atoms with Gasteiger partial charge < -0.3 is 10.4 Å². The fraction of sp³-hybridized carbons (Fsp3) is 0.750. The van der Waals surface area contributed by atoms with Crippen LogP contribution in [0.2, 0.25) is 0 Å². The molecule has 80 valence electrons. The van der Waals surface area contributed by atoms with Crippen molar-refractivity contribution in [1.82, 2.24) is 15.5 Å². The van der Waals surface area contributed by atoms with Gasteiger partial charge in [-0.2, -0.15) is 0 Å². The van der Waals surface area contributed by atoms with Crippen molar-refractivity contribution in [2.75, 3.05) is 18.9 Å². The molecule has 0 aliphatic heterocycles. The van der Waals surface area contributed by atoms with Gasteiger partial charge in [0.1, 0.15) is 5.01 Å². The van der Waals surface area contributed by atoms with Crippen LogP contribution in [0.25, 0.3) is 0 Å². The Kier molecular flexibility index (Phi) is 5.39. The molecule has 0 saturated carbocycles. The van der Waals surface area contributed by atoms with Crippen LogP contribution in [0.15, 0.2) is 4.34 Å². The third-order valence-corrected chi connectivity index (χ3v) is 3.76. The van der Waals surface area contributed by atoms with E-state index < -0.39 is 0 Å². The molecule has 1 rings (SSSR count). The summed E-state index contributed by atoms with van der Waals surface area (Å²) in [5, 5.41) is 21.1. The van der Waals surface area contributed by atoms with E-state index in [0.29, 0.717) is 0 Å². The number of aryl methyl sites for hydroxylation is 1. The van der Waals surface area contributed by atoms with E-state index in [2.05, 4.69) is 15.5 Å². The molecule has 0 fully saturated rings. The lowest BCUT2D eigenvalue weighted by molar-refractivity contribution is 0.255. The van der Waals surface area contributed by atoms with Crippen molar-refractivity contribution in [2.45, 2.75) is 24.2 Å². The van der Waals surface area contributed by atoms with Gasteiger partial charge in [-0.3, -0.25) is 0 Å². The van der Waals surface area contributed by atoms with Crippen molar-refractivity contribution in [3.05, 3.63) is 5.01 Å². The lowest BCUT2D eigenvalue weighted by atomic mass is 10.4. The normalized spacial score (nSPS) is 13.1. The van der Waals surface area contributed by atoms with Crippen molar-refractivity contribution in [3.63, 3.8) is 0 Å². The summed E-state index contributed by atoms with van der Waals surface area (Å²) in [6, 6.07) is 0.147. The van der Waals surface area contributed by atoms with Crippen LogP contribution < -0.4 is 5.32 Å². The first kappa shape index (κ1) is 11.9. The van der Waals surface area contributed by atoms with Gasteiger partial charge in [0, 0.05) is 11.8 Å². The summed E-state index contributed by atoms with van der Waals surface area (Å²) in [7, 11) is 0. The number of aliphatic hydroxyl groups is 1. The summed E-state index contributed by atoms with van der Waals surface area (Å²) in [6.45, 7) is 5.01. The lowest BCUT2D eigenvalue weighted by Crippen LogP contribution is -2.34. The van der Waals surface area contributed by atoms with E-state index in [1.54, 1.807) is 23.1 Å². The summed E-state index contributed by atoms with van der Waals surface area (Å²) in [4.78, 5) is 0. The Labute approximate surface area is 92.1 Å². The first-order chi connectivity index (χ1) is 6.76. The SMILES string of the molecule is CCNC(CO)CSc1nnc(C)s1. The largest absolute Gasteiger partial charge is 0.395 e. The third kappa shape index (κ3) is 3.91.